The quantitative estimate of drug-likeness (QED) is 0.563. The van der Waals surface area contributed by atoms with Gasteiger partial charge in [0.05, 0.1) is 0 Å². The number of hydrogen-bond donors (Lipinski definition) is 0. The summed E-state index contributed by atoms with van der Waals surface area (Å²) in [6, 6.07) is 9.60. The zero-order valence-corrected chi connectivity index (χ0v) is 10.4. The van der Waals surface area contributed by atoms with E-state index in [0.717, 1.165) is 5.56 Å². The molecule has 17 heavy (non-hydrogen) atoms. The van der Waals surface area contributed by atoms with Crippen LogP contribution in [0.2, 0.25) is 0 Å². The lowest BCUT2D eigenvalue weighted by Crippen LogP contribution is -2.28. The highest BCUT2D eigenvalue weighted by atomic mass is 16.7. The van der Waals surface area contributed by atoms with Crippen molar-refractivity contribution in [1.82, 2.24) is 0 Å². The van der Waals surface area contributed by atoms with Crippen LogP contribution in [0.25, 0.3) is 0 Å². The zero-order chi connectivity index (χ0) is 12.7. The summed E-state index contributed by atoms with van der Waals surface area (Å²) in [7, 11) is 2.80. The molecule has 0 radical (unpaired) electrons. The number of esters is 1. The Morgan fingerprint density at radius 2 is 1.76 bits per heavy atom. The van der Waals surface area contributed by atoms with E-state index in [4.69, 9.17) is 14.2 Å². The van der Waals surface area contributed by atoms with Gasteiger partial charge in [-0.3, -0.25) is 0 Å². The van der Waals surface area contributed by atoms with Gasteiger partial charge in [0.25, 0.3) is 6.29 Å². The lowest BCUT2D eigenvalue weighted by atomic mass is 10.1. The molecule has 0 spiro atoms. The van der Waals surface area contributed by atoms with E-state index >= 15 is 0 Å². The van der Waals surface area contributed by atoms with Crippen LogP contribution >= 0.6 is 0 Å². The van der Waals surface area contributed by atoms with Gasteiger partial charge in [-0.1, -0.05) is 37.3 Å². The van der Waals surface area contributed by atoms with Crippen molar-refractivity contribution in [2.75, 3.05) is 14.2 Å². The molecule has 94 valence electrons. The third-order valence-electron chi connectivity index (χ3n) is 2.42. The molecule has 1 unspecified atom stereocenters. The van der Waals surface area contributed by atoms with Gasteiger partial charge in [-0.15, -0.1) is 0 Å². The predicted octanol–water partition coefficient (Wildman–Crippen LogP) is 2.30. The Balaban J connectivity index is 2.68. The van der Waals surface area contributed by atoms with Crippen LogP contribution in [0.3, 0.4) is 0 Å². The minimum Gasteiger partial charge on any atom is -0.454 e. The van der Waals surface area contributed by atoms with E-state index in [0.29, 0.717) is 6.42 Å². The Morgan fingerprint density at radius 3 is 2.24 bits per heavy atom. The molecule has 0 N–H and O–H groups in total. The van der Waals surface area contributed by atoms with Crippen molar-refractivity contribution < 1.29 is 19.0 Å². The molecule has 0 amide bonds. The topological polar surface area (TPSA) is 44.8 Å². The summed E-state index contributed by atoms with van der Waals surface area (Å²) in [5.74, 6) is -0.509. The first-order valence-corrected chi connectivity index (χ1v) is 5.54. The predicted molar refractivity (Wildman–Crippen MR) is 63.4 cm³/mol. The Morgan fingerprint density at radius 1 is 1.18 bits per heavy atom. The summed E-state index contributed by atoms with van der Waals surface area (Å²) in [4.78, 5) is 11.7. The van der Waals surface area contributed by atoms with Crippen molar-refractivity contribution in [1.29, 1.82) is 0 Å². The van der Waals surface area contributed by atoms with Crippen molar-refractivity contribution in [3.05, 3.63) is 35.9 Å². The lowest BCUT2D eigenvalue weighted by Gasteiger charge is -2.19. The summed E-state index contributed by atoms with van der Waals surface area (Å²) in [6.45, 7) is 1.96. The third kappa shape index (κ3) is 3.84. The molecular formula is C13H18O4. The molecule has 1 aromatic carbocycles. The number of ether oxygens (including phenoxy) is 3. The second kappa shape index (κ2) is 7.04. The lowest BCUT2D eigenvalue weighted by molar-refractivity contribution is -0.189. The molecule has 1 rings (SSSR count). The van der Waals surface area contributed by atoms with Gasteiger partial charge in [0, 0.05) is 14.2 Å². The fraction of sp³-hybridized carbons (Fsp3) is 0.462. The van der Waals surface area contributed by atoms with E-state index in [1.54, 1.807) is 0 Å². The van der Waals surface area contributed by atoms with Gasteiger partial charge in [0.15, 0.2) is 0 Å². The fourth-order valence-corrected chi connectivity index (χ4v) is 1.54. The SMILES string of the molecule is CCC(OC(=O)C(OC)OC)c1ccccc1. The van der Waals surface area contributed by atoms with Crippen molar-refractivity contribution >= 4 is 5.97 Å². The highest BCUT2D eigenvalue weighted by molar-refractivity contribution is 5.73. The van der Waals surface area contributed by atoms with Gasteiger partial charge < -0.3 is 14.2 Å². The maximum absolute atomic E-state index is 11.7. The van der Waals surface area contributed by atoms with Crippen molar-refractivity contribution in [2.24, 2.45) is 0 Å². The number of benzene rings is 1. The van der Waals surface area contributed by atoms with Gasteiger partial charge in [-0.05, 0) is 12.0 Å². The first kappa shape index (κ1) is 13.7. The minimum absolute atomic E-state index is 0.267. The average molecular weight is 238 g/mol. The van der Waals surface area contributed by atoms with Crippen molar-refractivity contribution in [3.63, 3.8) is 0 Å². The molecule has 0 aliphatic carbocycles. The van der Waals surface area contributed by atoms with Gasteiger partial charge in [-0.2, -0.15) is 0 Å². The molecule has 1 aromatic rings. The molecule has 0 fully saturated rings. The van der Waals surface area contributed by atoms with Crippen LogP contribution in [0.15, 0.2) is 30.3 Å². The van der Waals surface area contributed by atoms with Crippen LogP contribution in [-0.4, -0.2) is 26.5 Å². The van der Waals surface area contributed by atoms with E-state index in [1.165, 1.54) is 14.2 Å². The summed E-state index contributed by atoms with van der Waals surface area (Å²) < 4.78 is 15.0. The molecule has 4 nitrogen and oxygen atoms in total. The summed E-state index contributed by atoms with van der Waals surface area (Å²) in [6.07, 6.45) is -0.528. The Bertz CT molecular complexity index is 333. The molecule has 0 saturated carbocycles. The van der Waals surface area contributed by atoms with Crippen LogP contribution < -0.4 is 0 Å². The van der Waals surface area contributed by atoms with E-state index in [1.807, 2.05) is 37.3 Å². The van der Waals surface area contributed by atoms with Gasteiger partial charge in [0.1, 0.15) is 6.10 Å². The molecule has 0 aliphatic rings. The van der Waals surface area contributed by atoms with Crippen LogP contribution in [0.5, 0.6) is 0 Å². The smallest absolute Gasteiger partial charge is 0.364 e. The first-order valence-electron chi connectivity index (χ1n) is 5.54. The monoisotopic (exact) mass is 238 g/mol. The number of carbonyl (C=O) groups is 1. The summed E-state index contributed by atoms with van der Waals surface area (Å²) >= 11 is 0. The van der Waals surface area contributed by atoms with E-state index < -0.39 is 12.3 Å². The maximum Gasteiger partial charge on any atom is 0.364 e. The Kier molecular flexibility index (Phi) is 5.66. The average Bonchev–Trinajstić information content (AvgIpc) is 2.38. The number of rotatable bonds is 6. The summed E-state index contributed by atoms with van der Waals surface area (Å²) in [5, 5.41) is 0. The second-order valence-corrected chi connectivity index (χ2v) is 3.55. The summed E-state index contributed by atoms with van der Waals surface area (Å²) in [5.41, 5.74) is 0.967. The molecule has 1 atom stereocenters. The molecule has 0 aliphatic heterocycles. The number of carbonyl (C=O) groups excluding carboxylic acids is 1. The highest BCUT2D eigenvalue weighted by Crippen LogP contribution is 2.21. The number of hydrogen-bond acceptors (Lipinski definition) is 4. The van der Waals surface area contributed by atoms with Crippen molar-refractivity contribution in [3.8, 4) is 0 Å². The molecule has 0 bridgehead atoms. The van der Waals surface area contributed by atoms with E-state index in [9.17, 15) is 4.79 Å². The standard InChI is InChI=1S/C13H18O4/c1-4-11(10-8-6-5-7-9-10)17-12(14)13(15-2)16-3/h5-9,11,13H,4H2,1-3H3. The second-order valence-electron chi connectivity index (χ2n) is 3.55. The van der Waals surface area contributed by atoms with Gasteiger partial charge in [0.2, 0.25) is 0 Å². The van der Waals surface area contributed by atoms with Gasteiger partial charge in [-0.25, -0.2) is 4.79 Å². The van der Waals surface area contributed by atoms with E-state index in [2.05, 4.69) is 0 Å². The molecule has 0 saturated heterocycles. The molecule has 0 aromatic heterocycles. The normalized spacial score (nSPS) is 12.5. The van der Waals surface area contributed by atoms with Crippen LogP contribution in [0, 0.1) is 0 Å². The third-order valence-corrected chi connectivity index (χ3v) is 2.42. The number of methoxy groups -OCH3 is 2. The van der Waals surface area contributed by atoms with Gasteiger partial charge >= 0.3 is 5.97 Å². The Hall–Kier alpha value is -1.39. The maximum atomic E-state index is 11.7. The van der Waals surface area contributed by atoms with Crippen LogP contribution in [-0.2, 0) is 19.0 Å². The first-order chi connectivity index (χ1) is 8.22. The fourth-order valence-electron chi connectivity index (χ4n) is 1.54. The zero-order valence-electron chi connectivity index (χ0n) is 10.4. The van der Waals surface area contributed by atoms with Crippen molar-refractivity contribution in [2.45, 2.75) is 25.7 Å². The molecular weight excluding hydrogens is 220 g/mol. The largest absolute Gasteiger partial charge is 0.454 e. The Labute approximate surface area is 101 Å². The van der Waals surface area contributed by atoms with Crippen LogP contribution in [0.1, 0.15) is 25.0 Å². The highest BCUT2D eigenvalue weighted by Gasteiger charge is 2.22. The molecule has 4 heteroatoms. The van der Waals surface area contributed by atoms with E-state index in [-0.39, 0.29) is 6.10 Å². The van der Waals surface area contributed by atoms with Crippen LogP contribution in [0.4, 0.5) is 0 Å². The minimum atomic E-state index is -0.965. The molecule has 0 heterocycles.